The Balaban J connectivity index is 2.02. The Kier molecular flexibility index (Phi) is 5.48. The molecule has 1 aromatic heterocycles. The van der Waals surface area contributed by atoms with Crippen LogP contribution in [0.2, 0.25) is 0 Å². The second kappa shape index (κ2) is 7.76. The summed E-state index contributed by atoms with van der Waals surface area (Å²) in [6.07, 6.45) is 4.77. The summed E-state index contributed by atoms with van der Waals surface area (Å²) in [5.41, 5.74) is 3.92. The molecule has 0 saturated carbocycles. The maximum Gasteiger partial charge on any atom is 0.263 e. The Bertz CT molecular complexity index is 760. The molecule has 0 aliphatic heterocycles. The topological polar surface area (TPSA) is 77.8 Å². The number of aryl methyl sites for hydroxylation is 2. The number of carbonyl (C=O) groups is 1. The van der Waals surface area contributed by atoms with Gasteiger partial charge in [-0.15, -0.1) is 0 Å². The van der Waals surface area contributed by atoms with Gasteiger partial charge in [0.15, 0.2) is 0 Å². The van der Waals surface area contributed by atoms with Crippen LogP contribution >= 0.6 is 0 Å². The van der Waals surface area contributed by atoms with Gasteiger partial charge in [-0.2, -0.15) is 5.26 Å². The van der Waals surface area contributed by atoms with Gasteiger partial charge < -0.3 is 10.6 Å². The third-order valence-electron chi connectivity index (χ3n) is 3.31. The van der Waals surface area contributed by atoms with Gasteiger partial charge in [-0.3, -0.25) is 9.78 Å². The molecule has 0 fully saturated rings. The number of hydrogen-bond donors (Lipinski definition) is 2. The molecule has 0 radical (unpaired) electrons. The molecular formula is C18H18N4O. The van der Waals surface area contributed by atoms with E-state index in [1.807, 2.05) is 44.2 Å². The summed E-state index contributed by atoms with van der Waals surface area (Å²) in [4.78, 5) is 16.0. The zero-order valence-corrected chi connectivity index (χ0v) is 13.1. The number of rotatable bonds is 5. The SMILES string of the molecule is Cc1ccc(C)c(N/C=C(/C#N)C(=O)NCc2cccnc2)c1. The van der Waals surface area contributed by atoms with Crippen molar-refractivity contribution in [3.05, 3.63) is 71.2 Å². The van der Waals surface area contributed by atoms with E-state index in [2.05, 4.69) is 15.6 Å². The Labute approximate surface area is 135 Å². The van der Waals surface area contributed by atoms with E-state index in [0.29, 0.717) is 6.54 Å². The van der Waals surface area contributed by atoms with Crippen molar-refractivity contribution < 1.29 is 4.79 Å². The minimum Gasteiger partial charge on any atom is -0.360 e. The fourth-order valence-corrected chi connectivity index (χ4v) is 1.97. The van der Waals surface area contributed by atoms with Crippen molar-refractivity contribution in [1.29, 1.82) is 5.26 Å². The van der Waals surface area contributed by atoms with Gasteiger partial charge in [-0.05, 0) is 42.7 Å². The molecular weight excluding hydrogens is 288 g/mol. The second-order valence-electron chi connectivity index (χ2n) is 5.18. The van der Waals surface area contributed by atoms with Gasteiger partial charge in [-0.25, -0.2) is 0 Å². The Morgan fingerprint density at radius 2 is 2.17 bits per heavy atom. The number of carbonyl (C=O) groups excluding carboxylic acids is 1. The smallest absolute Gasteiger partial charge is 0.263 e. The normalized spacial score (nSPS) is 10.7. The van der Waals surface area contributed by atoms with Crippen LogP contribution < -0.4 is 10.6 Å². The molecule has 0 saturated heterocycles. The summed E-state index contributed by atoms with van der Waals surface area (Å²) < 4.78 is 0. The molecule has 0 bridgehead atoms. The largest absolute Gasteiger partial charge is 0.360 e. The quantitative estimate of drug-likeness (QED) is 0.658. The molecule has 23 heavy (non-hydrogen) atoms. The number of pyridine rings is 1. The minimum atomic E-state index is -0.422. The van der Waals surface area contributed by atoms with Crippen LogP contribution in [0.4, 0.5) is 5.69 Å². The molecule has 0 spiro atoms. The molecule has 2 rings (SSSR count). The van der Waals surface area contributed by atoms with Gasteiger partial charge in [0.1, 0.15) is 11.6 Å². The molecule has 0 aliphatic carbocycles. The van der Waals surface area contributed by atoms with Crippen molar-refractivity contribution in [2.75, 3.05) is 5.32 Å². The lowest BCUT2D eigenvalue weighted by atomic mass is 10.1. The van der Waals surface area contributed by atoms with Crippen molar-refractivity contribution in [3.63, 3.8) is 0 Å². The first-order chi connectivity index (χ1) is 11.1. The Morgan fingerprint density at radius 3 is 2.87 bits per heavy atom. The number of anilines is 1. The summed E-state index contributed by atoms with van der Waals surface area (Å²) in [5.74, 6) is -0.422. The molecule has 0 unspecified atom stereocenters. The van der Waals surface area contributed by atoms with Crippen molar-refractivity contribution in [2.45, 2.75) is 20.4 Å². The second-order valence-corrected chi connectivity index (χ2v) is 5.18. The molecule has 0 atom stereocenters. The standard InChI is InChI=1S/C18H18N4O/c1-13-5-6-14(2)17(8-13)21-12-16(9-19)18(23)22-11-15-4-3-7-20-10-15/h3-8,10,12,21H,11H2,1-2H3,(H,22,23)/b16-12-. The minimum absolute atomic E-state index is 0.0230. The lowest BCUT2D eigenvalue weighted by Gasteiger charge is -2.08. The number of nitriles is 1. The predicted octanol–water partition coefficient (Wildman–Crippen LogP) is 2.83. The molecule has 1 aromatic carbocycles. The van der Waals surface area contributed by atoms with Crippen LogP contribution in [-0.4, -0.2) is 10.9 Å². The summed E-state index contributed by atoms with van der Waals surface area (Å²) in [5, 5.41) is 14.9. The van der Waals surface area contributed by atoms with Crippen LogP contribution in [0.5, 0.6) is 0 Å². The molecule has 2 aromatic rings. The van der Waals surface area contributed by atoms with E-state index < -0.39 is 5.91 Å². The number of nitrogens with one attached hydrogen (secondary N) is 2. The fourth-order valence-electron chi connectivity index (χ4n) is 1.97. The first-order valence-corrected chi connectivity index (χ1v) is 7.21. The van der Waals surface area contributed by atoms with E-state index >= 15 is 0 Å². The highest BCUT2D eigenvalue weighted by Crippen LogP contribution is 2.16. The van der Waals surface area contributed by atoms with Crippen LogP contribution in [0.25, 0.3) is 0 Å². The zero-order valence-electron chi connectivity index (χ0n) is 13.1. The highest BCUT2D eigenvalue weighted by Gasteiger charge is 2.08. The van der Waals surface area contributed by atoms with Gasteiger partial charge in [0, 0.05) is 30.8 Å². The first kappa shape index (κ1) is 16.2. The van der Waals surface area contributed by atoms with Gasteiger partial charge >= 0.3 is 0 Å². The number of benzene rings is 1. The maximum absolute atomic E-state index is 12.1. The fraction of sp³-hybridized carbons (Fsp3) is 0.167. The van der Waals surface area contributed by atoms with Crippen molar-refractivity contribution in [1.82, 2.24) is 10.3 Å². The van der Waals surface area contributed by atoms with Crippen LogP contribution in [0.15, 0.2) is 54.5 Å². The average molecular weight is 306 g/mol. The summed E-state index contributed by atoms with van der Waals surface area (Å²) >= 11 is 0. The Hall–Kier alpha value is -3.13. The third kappa shape index (κ3) is 4.68. The lowest BCUT2D eigenvalue weighted by molar-refractivity contribution is -0.117. The van der Waals surface area contributed by atoms with Crippen LogP contribution in [-0.2, 0) is 11.3 Å². The van der Waals surface area contributed by atoms with Crippen molar-refractivity contribution in [2.24, 2.45) is 0 Å². The van der Waals surface area contributed by atoms with Crippen LogP contribution in [0.3, 0.4) is 0 Å². The van der Waals surface area contributed by atoms with Crippen molar-refractivity contribution >= 4 is 11.6 Å². The highest BCUT2D eigenvalue weighted by atomic mass is 16.1. The van der Waals surface area contributed by atoms with Gasteiger partial charge in [0.2, 0.25) is 0 Å². The third-order valence-corrected chi connectivity index (χ3v) is 3.31. The van der Waals surface area contributed by atoms with E-state index in [0.717, 1.165) is 22.4 Å². The van der Waals surface area contributed by atoms with E-state index in [9.17, 15) is 4.79 Å². The van der Waals surface area contributed by atoms with Crippen molar-refractivity contribution in [3.8, 4) is 6.07 Å². The lowest BCUT2D eigenvalue weighted by Crippen LogP contribution is -2.24. The monoisotopic (exact) mass is 306 g/mol. The van der Waals surface area contributed by atoms with Crippen LogP contribution in [0, 0.1) is 25.2 Å². The molecule has 5 heteroatoms. The first-order valence-electron chi connectivity index (χ1n) is 7.21. The molecule has 116 valence electrons. The highest BCUT2D eigenvalue weighted by molar-refractivity contribution is 5.97. The number of amides is 1. The molecule has 5 nitrogen and oxygen atoms in total. The van der Waals surface area contributed by atoms with Gasteiger partial charge in [0.25, 0.3) is 5.91 Å². The average Bonchev–Trinajstić information content (AvgIpc) is 2.57. The summed E-state index contributed by atoms with van der Waals surface area (Å²) in [6, 6.07) is 11.5. The zero-order chi connectivity index (χ0) is 16.7. The van der Waals surface area contributed by atoms with E-state index in [1.54, 1.807) is 18.5 Å². The molecule has 2 N–H and O–H groups in total. The van der Waals surface area contributed by atoms with Gasteiger partial charge in [0.05, 0.1) is 0 Å². The van der Waals surface area contributed by atoms with E-state index in [1.165, 1.54) is 6.20 Å². The predicted molar refractivity (Wildman–Crippen MR) is 89.3 cm³/mol. The van der Waals surface area contributed by atoms with Gasteiger partial charge in [-0.1, -0.05) is 18.2 Å². The summed E-state index contributed by atoms with van der Waals surface area (Å²) in [7, 11) is 0. The van der Waals surface area contributed by atoms with E-state index in [-0.39, 0.29) is 5.57 Å². The maximum atomic E-state index is 12.1. The number of hydrogen-bond acceptors (Lipinski definition) is 4. The summed E-state index contributed by atoms with van der Waals surface area (Å²) in [6.45, 7) is 4.28. The van der Waals surface area contributed by atoms with E-state index in [4.69, 9.17) is 5.26 Å². The molecule has 1 heterocycles. The number of aromatic nitrogens is 1. The number of nitrogens with zero attached hydrogens (tertiary/aromatic N) is 2. The van der Waals surface area contributed by atoms with Crippen LogP contribution in [0.1, 0.15) is 16.7 Å². The Morgan fingerprint density at radius 1 is 1.35 bits per heavy atom. The molecule has 0 aliphatic rings. The molecule has 1 amide bonds.